The highest BCUT2D eigenvalue weighted by atomic mass is 16.2. The average Bonchev–Trinajstić information content (AvgIpc) is 2.35. The van der Waals surface area contributed by atoms with Crippen molar-refractivity contribution in [1.82, 2.24) is 10.2 Å². The lowest BCUT2D eigenvalue weighted by Gasteiger charge is -2.34. The Labute approximate surface area is 119 Å². The van der Waals surface area contributed by atoms with E-state index in [0.29, 0.717) is 18.2 Å². The van der Waals surface area contributed by atoms with Crippen molar-refractivity contribution in [3.63, 3.8) is 0 Å². The van der Waals surface area contributed by atoms with Gasteiger partial charge in [-0.1, -0.05) is 27.7 Å². The maximum Gasteiger partial charge on any atom is 0.222 e. The predicted octanol–water partition coefficient (Wildman–Crippen LogP) is 2.91. The van der Waals surface area contributed by atoms with E-state index in [9.17, 15) is 4.79 Å². The first kappa shape index (κ1) is 16.5. The molecule has 1 saturated heterocycles. The summed E-state index contributed by atoms with van der Waals surface area (Å²) in [6.45, 7) is 11.9. The van der Waals surface area contributed by atoms with Gasteiger partial charge in [-0.15, -0.1) is 0 Å². The number of likely N-dealkylation sites (tertiary alicyclic amines) is 1. The summed E-state index contributed by atoms with van der Waals surface area (Å²) in [5.41, 5.74) is 0.223. The molecule has 1 unspecified atom stereocenters. The van der Waals surface area contributed by atoms with E-state index < -0.39 is 0 Å². The number of carbonyl (C=O) groups is 1. The molecule has 0 aromatic heterocycles. The number of hydrogen-bond donors (Lipinski definition) is 1. The highest BCUT2D eigenvalue weighted by Gasteiger charge is 2.27. The topological polar surface area (TPSA) is 32.3 Å². The molecule has 0 bridgehead atoms. The first-order chi connectivity index (χ1) is 8.84. The van der Waals surface area contributed by atoms with Gasteiger partial charge in [0.15, 0.2) is 0 Å². The van der Waals surface area contributed by atoms with Gasteiger partial charge in [-0.25, -0.2) is 0 Å². The van der Waals surface area contributed by atoms with Crippen LogP contribution in [0.4, 0.5) is 0 Å². The Balaban J connectivity index is 2.33. The average molecular weight is 268 g/mol. The molecule has 1 N–H and O–H groups in total. The third kappa shape index (κ3) is 5.52. The summed E-state index contributed by atoms with van der Waals surface area (Å²) >= 11 is 0. The number of piperidine rings is 1. The van der Waals surface area contributed by atoms with Gasteiger partial charge in [-0.2, -0.15) is 0 Å². The van der Waals surface area contributed by atoms with E-state index in [-0.39, 0.29) is 5.41 Å². The summed E-state index contributed by atoms with van der Waals surface area (Å²) in [5, 5.41) is 3.21. The molecule has 1 heterocycles. The van der Waals surface area contributed by atoms with E-state index in [1.807, 2.05) is 7.05 Å². The quantitative estimate of drug-likeness (QED) is 0.831. The van der Waals surface area contributed by atoms with Crippen molar-refractivity contribution >= 4 is 5.91 Å². The fraction of sp³-hybridized carbons (Fsp3) is 0.938. The van der Waals surface area contributed by atoms with Crippen LogP contribution in [0.2, 0.25) is 0 Å². The molecule has 3 nitrogen and oxygen atoms in total. The minimum Gasteiger partial charge on any atom is -0.343 e. The maximum atomic E-state index is 12.3. The van der Waals surface area contributed by atoms with Crippen molar-refractivity contribution in [2.24, 2.45) is 17.3 Å². The minimum atomic E-state index is 0.223. The summed E-state index contributed by atoms with van der Waals surface area (Å²) < 4.78 is 0. The second kappa shape index (κ2) is 7.28. The fourth-order valence-electron chi connectivity index (χ4n) is 2.52. The molecule has 112 valence electrons. The zero-order valence-electron chi connectivity index (χ0n) is 13.5. The van der Waals surface area contributed by atoms with Crippen molar-refractivity contribution in [2.75, 3.05) is 26.7 Å². The minimum absolute atomic E-state index is 0.223. The Morgan fingerprint density at radius 3 is 2.37 bits per heavy atom. The summed E-state index contributed by atoms with van der Waals surface area (Å²) in [4.78, 5) is 14.4. The van der Waals surface area contributed by atoms with Gasteiger partial charge in [-0.05, 0) is 50.1 Å². The largest absolute Gasteiger partial charge is 0.343 e. The van der Waals surface area contributed by atoms with Crippen LogP contribution in [0.5, 0.6) is 0 Å². The third-order valence-electron chi connectivity index (χ3n) is 4.73. The van der Waals surface area contributed by atoms with Crippen LogP contribution in [-0.4, -0.2) is 37.5 Å². The molecule has 1 aliphatic rings. The van der Waals surface area contributed by atoms with Gasteiger partial charge >= 0.3 is 0 Å². The second-order valence-corrected chi connectivity index (χ2v) is 7.19. The lowest BCUT2D eigenvalue weighted by Crippen LogP contribution is -2.40. The molecule has 1 atom stereocenters. The van der Waals surface area contributed by atoms with Gasteiger partial charge in [0.25, 0.3) is 0 Å². The van der Waals surface area contributed by atoms with Gasteiger partial charge in [0.05, 0.1) is 0 Å². The number of nitrogens with one attached hydrogen (secondary N) is 1. The van der Waals surface area contributed by atoms with Gasteiger partial charge in [0, 0.05) is 19.5 Å². The fourth-order valence-corrected chi connectivity index (χ4v) is 2.52. The van der Waals surface area contributed by atoms with E-state index >= 15 is 0 Å². The Bertz CT molecular complexity index is 275. The smallest absolute Gasteiger partial charge is 0.222 e. The van der Waals surface area contributed by atoms with E-state index in [0.717, 1.165) is 25.6 Å². The number of carbonyl (C=O) groups excluding carboxylic acids is 1. The first-order valence-electron chi connectivity index (χ1n) is 7.77. The van der Waals surface area contributed by atoms with E-state index in [4.69, 9.17) is 0 Å². The Hall–Kier alpha value is -0.570. The lowest BCUT2D eigenvalue weighted by molar-refractivity contribution is -0.134. The summed E-state index contributed by atoms with van der Waals surface area (Å²) in [6, 6.07) is 0. The molecule has 1 aliphatic heterocycles. The molecular formula is C16H32N2O. The SMILES string of the molecule is CNCCC1CCN(C(=O)CC(C)C(C)(C)C)CC1. The van der Waals surface area contributed by atoms with Gasteiger partial charge in [0.2, 0.25) is 5.91 Å². The highest BCUT2D eigenvalue weighted by Crippen LogP contribution is 2.29. The monoisotopic (exact) mass is 268 g/mol. The van der Waals surface area contributed by atoms with Crippen LogP contribution in [0, 0.1) is 17.3 Å². The van der Waals surface area contributed by atoms with E-state index in [1.54, 1.807) is 0 Å². The molecule has 0 aromatic carbocycles. The second-order valence-electron chi connectivity index (χ2n) is 7.19. The van der Waals surface area contributed by atoms with Gasteiger partial charge in [0.1, 0.15) is 0 Å². The van der Waals surface area contributed by atoms with Gasteiger partial charge < -0.3 is 10.2 Å². The molecule has 0 radical (unpaired) electrons. The molecule has 0 aliphatic carbocycles. The molecule has 0 saturated carbocycles. The van der Waals surface area contributed by atoms with Crippen LogP contribution in [0.25, 0.3) is 0 Å². The Kier molecular flexibility index (Phi) is 6.31. The highest BCUT2D eigenvalue weighted by molar-refractivity contribution is 5.76. The van der Waals surface area contributed by atoms with Crippen LogP contribution in [0.15, 0.2) is 0 Å². The van der Waals surface area contributed by atoms with E-state index in [2.05, 4.69) is 37.9 Å². The van der Waals surface area contributed by atoms with Crippen molar-refractivity contribution in [2.45, 2.75) is 53.4 Å². The molecule has 19 heavy (non-hydrogen) atoms. The van der Waals surface area contributed by atoms with Crippen LogP contribution < -0.4 is 5.32 Å². The standard InChI is InChI=1S/C16H32N2O/c1-13(16(2,3)4)12-15(19)18-10-7-14(8-11-18)6-9-17-5/h13-14,17H,6-12H2,1-5H3. The lowest BCUT2D eigenvalue weighted by atomic mass is 9.80. The van der Waals surface area contributed by atoms with Crippen LogP contribution >= 0.6 is 0 Å². The van der Waals surface area contributed by atoms with Crippen molar-refractivity contribution in [1.29, 1.82) is 0 Å². The van der Waals surface area contributed by atoms with E-state index in [1.165, 1.54) is 19.3 Å². The molecular weight excluding hydrogens is 236 g/mol. The number of amides is 1. The van der Waals surface area contributed by atoms with Crippen molar-refractivity contribution in [3.8, 4) is 0 Å². The number of hydrogen-bond acceptors (Lipinski definition) is 2. The summed E-state index contributed by atoms with van der Waals surface area (Å²) in [7, 11) is 2.01. The number of nitrogens with zero attached hydrogens (tertiary/aromatic N) is 1. The Morgan fingerprint density at radius 1 is 1.32 bits per heavy atom. The van der Waals surface area contributed by atoms with Crippen molar-refractivity contribution in [3.05, 3.63) is 0 Å². The summed E-state index contributed by atoms with van der Waals surface area (Å²) in [5.74, 6) is 1.60. The van der Waals surface area contributed by atoms with Crippen LogP contribution in [-0.2, 0) is 4.79 Å². The third-order valence-corrected chi connectivity index (χ3v) is 4.73. The molecule has 3 heteroatoms. The van der Waals surface area contributed by atoms with Crippen LogP contribution in [0.1, 0.15) is 53.4 Å². The summed E-state index contributed by atoms with van der Waals surface area (Å²) in [6.07, 6.45) is 4.30. The van der Waals surface area contributed by atoms with Crippen molar-refractivity contribution < 1.29 is 4.79 Å². The molecule has 1 amide bonds. The molecule has 0 spiro atoms. The first-order valence-corrected chi connectivity index (χ1v) is 7.77. The zero-order valence-corrected chi connectivity index (χ0v) is 13.5. The Morgan fingerprint density at radius 2 is 1.89 bits per heavy atom. The van der Waals surface area contributed by atoms with Gasteiger partial charge in [-0.3, -0.25) is 4.79 Å². The normalized spacial score (nSPS) is 19.5. The number of rotatable bonds is 5. The molecule has 1 fully saturated rings. The molecule has 0 aromatic rings. The predicted molar refractivity (Wildman–Crippen MR) is 81.1 cm³/mol. The van der Waals surface area contributed by atoms with Crippen LogP contribution in [0.3, 0.4) is 0 Å². The molecule has 1 rings (SSSR count). The maximum absolute atomic E-state index is 12.3. The zero-order chi connectivity index (χ0) is 14.5.